The molecule has 0 radical (unpaired) electrons. The molecule has 0 aliphatic heterocycles. The van der Waals surface area contributed by atoms with Crippen LogP contribution < -0.4 is 10.2 Å². The third-order valence-electron chi connectivity index (χ3n) is 3.05. The first kappa shape index (κ1) is 21.3. The fourth-order valence-electron chi connectivity index (χ4n) is 1.85. The van der Waals surface area contributed by atoms with Crippen LogP contribution in [0.1, 0.15) is 5.56 Å². The van der Waals surface area contributed by atoms with Crippen molar-refractivity contribution in [3.63, 3.8) is 0 Å². The molecule has 0 unspecified atom stereocenters. The Morgan fingerprint density at radius 3 is 2.41 bits per heavy atom. The zero-order valence-electron chi connectivity index (χ0n) is 13.6. The zero-order chi connectivity index (χ0) is 19.8. The van der Waals surface area contributed by atoms with E-state index in [-0.39, 0.29) is 12.3 Å². The van der Waals surface area contributed by atoms with Gasteiger partial charge in [0.25, 0.3) is 11.6 Å². The molecule has 0 saturated carbocycles. The molecule has 1 N–H and O–H groups in total. The van der Waals surface area contributed by atoms with Gasteiger partial charge in [0.2, 0.25) is 0 Å². The fraction of sp³-hybridized carbons (Fsp3) is 0.0588. The lowest BCUT2D eigenvalue weighted by atomic mass is 10.2. The molecule has 0 spiro atoms. The van der Waals surface area contributed by atoms with Gasteiger partial charge in [-0.25, -0.2) is 5.43 Å². The second kappa shape index (κ2) is 10.3. The first-order valence-corrected chi connectivity index (χ1v) is 9.75. The molecule has 0 bridgehead atoms. The topological polar surface area (TPSA) is 93.8 Å². The second-order valence-corrected chi connectivity index (χ2v) is 7.63. The number of benzene rings is 2. The molecule has 2 aromatic carbocycles. The maximum atomic E-state index is 11.8. The van der Waals surface area contributed by atoms with E-state index in [1.54, 1.807) is 36.4 Å². The van der Waals surface area contributed by atoms with Crippen LogP contribution in [0.25, 0.3) is 6.08 Å². The van der Waals surface area contributed by atoms with Crippen LogP contribution in [0.5, 0.6) is 5.75 Å². The molecule has 27 heavy (non-hydrogen) atoms. The standard InChI is InChI=1S/C17H12Br3N3O4/c18-12-8-14(19)17(15(20)9-12)27-10-16(24)22-21-7-1-2-11-3-5-13(6-4-11)23(25)26/h1-9H,10H2,(H,22,24)/b2-1+,21-7+. The number of nitro groups is 1. The van der Waals surface area contributed by atoms with Crippen LogP contribution in [0, 0.1) is 10.1 Å². The first-order valence-electron chi connectivity index (χ1n) is 7.37. The van der Waals surface area contributed by atoms with Gasteiger partial charge in [0.05, 0.1) is 13.9 Å². The minimum absolute atomic E-state index is 0.0251. The third kappa shape index (κ3) is 6.89. The lowest BCUT2D eigenvalue weighted by Crippen LogP contribution is -2.24. The summed E-state index contributed by atoms with van der Waals surface area (Å²) in [5, 5.41) is 14.4. The van der Waals surface area contributed by atoms with E-state index in [0.29, 0.717) is 14.7 Å². The molecule has 0 aliphatic carbocycles. The molecule has 0 heterocycles. The summed E-state index contributed by atoms with van der Waals surface area (Å²) in [7, 11) is 0. The van der Waals surface area contributed by atoms with E-state index in [2.05, 4.69) is 58.3 Å². The maximum absolute atomic E-state index is 11.8. The van der Waals surface area contributed by atoms with Crippen molar-refractivity contribution in [3.8, 4) is 5.75 Å². The van der Waals surface area contributed by atoms with Gasteiger partial charge in [-0.15, -0.1) is 0 Å². The molecular formula is C17H12Br3N3O4. The second-order valence-electron chi connectivity index (χ2n) is 5.01. The lowest BCUT2D eigenvalue weighted by molar-refractivity contribution is -0.384. The number of allylic oxidation sites excluding steroid dienone is 1. The summed E-state index contributed by atoms with van der Waals surface area (Å²) >= 11 is 10.1. The van der Waals surface area contributed by atoms with Gasteiger partial charge in [-0.05, 0) is 67.8 Å². The van der Waals surface area contributed by atoms with E-state index < -0.39 is 10.8 Å². The Hall–Kier alpha value is -2.04. The average Bonchev–Trinajstić information content (AvgIpc) is 2.61. The van der Waals surface area contributed by atoms with Gasteiger partial charge in [-0.1, -0.05) is 22.0 Å². The number of non-ortho nitro benzene ring substituents is 1. The van der Waals surface area contributed by atoms with Crippen molar-refractivity contribution in [1.82, 2.24) is 5.43 Å². The number of amides is 1. The lowest BCUT2D eigenvalue weighted by Gasteiger charge is -2.09. The number of hydrazone groups is 1. The quantitative estimate of drug-likeness (QED) is 0.290. The normalized spacial score (nSPS) is 11.1. The Balaban J connectivity index is 1.80. The number of hydrogen-bond donors (Lipinski definition) is 1. The van der Waals surface area contributed by atoms with Crippen LogP contribution in [0.3, 0.4) is 0 Å². The minimum atomic E-state index is -0.460. The van der Waals surface area contributed by atoms with Crippen LogP contribution >= 0.6 is 47.8 Å². The minimum Gasteiger partial charge on any atom is -0.481 e. The monoisotopic (exact) mass is 559 g/mol. The summed E-state index contributed by atoms with van der Waals surface area (Å²) in [6.07, 6.45) is 4.70. The molecule has 0 saturated heterocycles. The molecule has 0 aliphatic rings. The molecule has 1 amide bonds. The van der Waals surface area contributed by atoms with Crippen molar-refractivity contribution in [1.29, 1.82) is 0 Å². The number of hydrogen-bond acceptors (Lipinski definition) is 5. The van der Waals surface area contributed by atoms with Gasteiger partial charge in [-0.3, -0.25) is 14.9 Å². The van der Waals surface area contributed by atoms with Crippen LogP contribution in [-0.2, 0) is 4.79 Å². The molecule has 0 atom stereocenters. The number of rotatable bonds is 7. The number of halogens is 3. The summed E-state index contributed by atoms with van der Waals surface area (Å²) in [5.74, 6) is 0.0899. The zero-order valence-corrected chi connectivity index (χ0v) is 18.3. The van der Waals surface area contributed by atoms with E-state index in [0.717, 1.165) is 10.0 Å². The maximum Gasteiger partial charge on any atom is 0.277 e. The SMILES string of the molecule is O=C(COc1c(Br)cc(Br)cc1Br)N/N=C/C=C/c1ccc([N+](=O)[O-])cc1. The Morgan fingerprint density at radius 1 is 1.19 bits per heavy atom. The molecule has 2 rings (SSSR count). The van der Waals surface area contributed by atoms with Gasteiger partial charge in [-0.2, -0.15) is 5.10 Å². The number of nitrogens with zero attached hydrogens (tertiary/aromatic N) is 2. The molecule has 7 nitrogen and oxygen atoms in total. The largest absolute Gasteiger partial charge is 0.481 e. The number of carbonyl (C=O) groups excluding carboxylic acids is 1. The number of carbonyl (C=O) groups is 1. The summed E-state index contributed by atoms with van der Waals surface area (Å²) in [4.78, 5) is 21.9. The summed E-state index contributed by atoms with van der Waals surface area (Å²) in [6, 6.07) is 9.66. The molecule has 10 heteroatoms. The van der Waals surface area contributed by atoms with Crippen molar-refractivity contribution in [3.05, 3.63) is 71.6 Å². The van der Waals surface area contributed by atoms with Crippen molar-refractivity contribution < 1.29 is 14.5 Å². The molecule has 140 valence electrons. The highest BCUT2D eigenvalue weighted by Gasteiger charge is 2.10. The van der Waals surface area contributed by atoms with Crippen molar-refractivity contribution in [2.24, 2.45) is 5.10 Å². The van der Waals surface area contributed by atoms with E-state index in [1.165, 1.54) is 18.3 Å². The van der Waals surface area contributed by atoms with E-state index in [9.17, 15) is 14.9 Å². The molecule has 0 aromatic heterocycles. The fourth-order valence-corrected chi connectivity index (χ4v) is 4.34. The van der Waals surface area contributed by atoms with Gasteiger partial charge in [0.15, 0.2) is 6.61 Å². The number of nitro benzene ring substituents is 1. The molecular weight excluding hydrogens is 550 g/mol. The summed E-state index contributed by atoms with van der Waals surface area (Å²) in [5.41, 5.74) is 3.13. The van der Waals surface area contributed by atoms with E-state index in [4.69, 9.17) is 4.74 Å². The van der Waals surface area contributed by atoms with Crippen molar-refractivity contribution >= 4 is 71.7 Å². The first-order chi connectivity index (χ1) is 12.9. The molecule has 2 aromatic rings. The molecule has 0 fully saturated rings. The predicted octanol–water partition coefficient (Wildman–Crippen LogP) is 5.08. The summed E-state index contributed by atoms with van der Waals surface area (Å²) < 4.78 is 7.73. The smallest absolute Gasteiger partial charge is 0.277 e. The van der Waals surface area contributed by atoms with E-state index >= 15 is 0 Å². The van der Waals surface area contributed by atoms with Crippen LogP contribution in [-0.4, -0.2) is 23.7 Å². The van der Waals surface area contributed by atoms with Crippen LogP contribution in [0.2, 0.25) is 0 Å². The van der Waals surface area contributed by atoms with Crippen molar-refractivity contribution in [2.45, 2.75) is 0 Å². The predicted molar refractivity (Wildman–Crippen MR) is 114 cm³/mol. The number of nitrogens with one attached hydrogen (secondary N) is 1. The third-order valence-corrected chi connectivity index (χ3v) is 4.69. The van der Waals surface area contributed by atoms with E-state index in [1.807, 2.05) is 0 Å². The van der Waals surface area contributed by atoms with Gasteiger partial charge in [0.1, 0.15) is 5.75 Å². The van der Waals surface area contributed by atoms with Gasteiger partial charge >= 0.3 is 0 Å². The van der Waals surface area contributed by atoms with Crippen LogP contribution in [0.4, 0.5) is 5.69 Å². The van der Waals surface area contributed by atoms with Gasteiger partial charge in [0, 0.05) is 22.8 Å². The Labute approximate surface area is 180 Å². The average molecular weight is 562 g/mol. The Bertz CT molecular complexity index is 876. The van der Waals surface area contributed by atoms with Gasteiger partial charge < -0.3 is 4.74 Å². The highest BCUT2D eigenvalue weighted by Crippen LogP contribution is 2.36. The highest BCUT2D eigenvalue weighted by atomic mass is 79.9. The highest BCUT2D eigenvalue weighted by molar-refractivity contribution is 9.11. The van der Waals surface area contributed by atoms with Crippen LogP contribution in [0.15, 0.2) is 61.0 Å². The summed E-state index contributed by atoms with van der Waals surface area (Å²) in [6.45, 7) is -0.206. The van der Waals surface area contributed by atoms with Crippen molar-refractivity contribution in [2.75, 3.05) is 6.61 Å². The Kier molecular flexibility index (Phi) is 8.14. The Morgan fingerprint density at radius 2 is 1.81 bits per heavy atom. The number of ether oxygens (including phenoxy) is 1.